The summed E-state index contributed by atoms with van der Waals surface area (Å²) in [4.78, 5) is 0. The number of hydrogen-bond donors (Lipinski definition) is 0. The van der Waals surface area contributed by atoms with Crippen molar-refractivity contribution in [1.29, 1.82) is 0 Å². The zero-order chi connectivity index (χ0) is 8.10. The van der Waals surface area contributed by atoms with E-state index >= 15 is 0 Å². The van der Waals surface area contributed by atoms with Crippen LogP contribution >= 0.6 is 0 Å². The van der Waals surface area contributed by atoms with E-state index in [0.717, 1.165) is 12.2 Å². The Balaban J connectivity index is 2.47. The molecule has 3 heteroatoms. The molecular weight excluding hydrogens is 144 g/mol. The Kier molecular flexibility index (Phi) is 3.08. The predicted octanol–water partition coefficient (Wildman–Crippen LogP) is 1.65. The van der Waals surface area contributed by atoms with Crippen molar-refractivity contribution in [3.63, 3.8) is 0 Å². The summed E-state index contributed by atoms with van der Waals surface area (Å²) in [6, 6.07) is 0. The molecule has 1 rings (SSSR count). The number of ether oxygens (including phenoxy) is 3. The number of hydrogen-bond acceptors (Lipinski definition) is 3. The van der Waals surface area contributed by atoms with Crippen molar-refractivity contribution in [1.82, 2.24) is 0 Å². The molecule has 1 aliphatic heterocycles. The SMILES string of the molecule is CCOC1=C(OCC)OCC1. The van der Waals surface area contributed by atoms with Crippen molar-refractivity contribution in [3.8, 4) is 0 Å². The molecule has 0 aliphatic carbocycles. The third-order valence-electron chi connectivity index (χ3n) is 1.38. The average Bonchev–Trinajstić information content (AvgIpc) is 2.39. The minimum Gasteiger partial charge on any atom is -0.491 e. The Bertz CT molecular complexity index is 135. The topological polar surface area (TPSA) is 27.7 Å². The molecule has 0 atom stereocenters. The quantitative estimate of drug-likeness (QED) is 0.622. The lowest BCUT2D eigenvalue weighted by Gasteiger charge is -2.05. The molecule has 0 aromatic heterocycles. The maximum atomic E-state index is 5.30. The van der Waals surface area contributed by atoms with Crippen LogP contribution in [-0.4, -0.2) is 19.8 Å². The molecule has 64 valence electrons. The summed E-state index contributed by atoms with van der Waals surface area (Å²) in [5.74, 6) is 1.43. The summed E-state index contributed by atoms with van der Waals surface area (Å²) < 4.78 is 15.7. The third kappa shape index (κ3) is 2.03. The molecule has 0 aromatic rings. The molecule has 3 nitrogen and oxygen atoms in total. The van der Waals surface area contributed by atoms with Crippen LogP contribution in [0.25, 0.3) is 0 Å². The molecule has 0 fully saturated rings. The van der Waals surface area contributed by atoms with Crippen LogP contribution in [-0.2, 0) is 14.2 Å². The highest BCUT2D eigenvalue weighted by molar-refractivity contribution is 4.99. The molecule has 0 amide bonds. The first-order chi connectivity index (χ1) is 5.38. The summed E-state index contributed by atoms with van der Waals surface area (Å²) in [5, 5.41) is 0. The molecule has 0 aromatic carbocycles. The van der Waals surface area contributed by atoms with E-state index in [1.165, 1.54) is 0 Å². The summed E-state index contributed by atoms with van der Waals surface area (Å²) in [5.41, 5.74) is 0. The minimum absolute atomic E-state index is 0.578. The Labute approximate surface area is 66.9 Å². The van der Waals surface area contributed by atoms with Gasteiger partial charge in [-0.2, -0.15) is 0 Å². The van der Waals surface area contributed by atoms with Gasteiger partial charge in [0.05, 0.1) is 19.8 Å². The summed E-state index contributed by atoms with van der Waals surface area (Å²) in [7, 11) is 0. The van der Waals surface area contributed by atoms with E-state index in [9.17, 15) is 0 Å². The normalized spacial score (nSPS) is 16.5. The van der Waals surface area contributed by atoms with Crippen LogP contribution in [0.2, 0.25) is 0 Å². The molecule has 0 N–H and O–H groups in total. The second-order valence-electron chi connectivity index (χ2n) is 2.18. The van der Waals surface area contributed by atoms with Gasteiger partial charge in [0.25, 0.3) is 0 Å². The fraction of sp³-hybridized carbons (Fsp3) is 0.750. The minimum atomic E-state index is 0.578. The second kappa shape index (κ2) is 4.11. The standard InChI is InChI=1S/C8H14O3/c1-3-9-7-5-6-11-8(7)10-4-2/h3-6H2,1-2H3. The van der Waals surface area contributed by atoms with E-state index in [1.807, 2.05) is 13.8 Å². The molecule has 0 saturated carbocycles. The smallest absolute Gasteiger partial charge is 0.319 e. The lowest BCUT2D eigenvalue weighted by atomic mass is 10.4. The lowest BCUT2D eigenvalue weighted by Crippen LogP contribution is -1.96. The van der Waals surface area contributed by atoms with Crippen molar-refractivity contribution < 1.29 is 14.2 Å². The van der Waals surface area contributed by atoms with Gasteiger partial charge in [0.1, 0.15) is 0 Å². The largest absolute Gasteiger partial charge is 0.491 e. The molecule has 0 unspecified atom stereocenters. The van der Waals surface area contributed by atoms with Gasteiger partial charge in [-0.05, 0) is 13.8 Å². The fourth-order valence-corrected chi connectivity index (χ4v) is 0.978. The van der Waals surface area contributed by atoms with E-state index in [-0.39, 0.29) is 0 Å². The van der Waals surface area contributed by atoms with Crippen LogP contribution in [0.3, 0.4) is 0 Å². The van der Waals surface area contributed by atoms with Crippen molar-refractivity contribution >= 4 is 0 Å². The monoisotopic (exact) mass is 158 g/mol. The fourth-order valence-electron chi connectivity index (χ4n) is 0.978. The zero-order valence-electron chi connectivity index (χ0n) is 7.05. The lowest BCUT2D eigenvalue weighted by molar-refractivity contribution is 0.0498. The van der Waals surface area contributed by atoms with Gasteiger partial charge in [0.2, 0.25) is 0 Å². The first-order valence-corrected chi connectivity index (χ1v) is 4.00. The van der Waals surface area contributed by atoms with E-state index in [4.69, 9.17) is 14.2 Å². The van der Waals surface area contributed by atoms with Crippen molar-refractivity contribution in [3.05, 3.63) is 11.7 Å². The second-order valence-corrected chi connectivity index (χ2v) is 2.18. The van der Waals surface area contributed by atoms with Gasteiger partial charge < -0.3 is 14.2 Å². The predicted molar refractivity (Wildman–Crippen MR) is 40.8 cm³/mol. The molecule has 0 spiro atoms. The van der Waals surface area contributed by atoms with Gasteiger partial charge in [0.15, 0.2) is 5.76 Å². The number of rotatable bonds is 4. The van der Waals surface area contributed by atoms with E-state index < -0.39 is 0 Å². The molecule has 11 heavy (non-hydrogen) atoms. The first kappa shape index (κ1) is 8.24. The molecule has 0 bridgehead atoms. The Morgan fingerprint density at radius 3 is 2.64 bits per heavy atom. The Hall–Kier alpha value is -0.860. The maximum absolute atomic E-state index is 5.30. The van der Waals surface area contributed by atoms with Crippen LogP contribution in [0.5, 0.6) is 0 Å². The molecule has 0 radical (unpaired) electrons. The van der Waals surface area contributed by atoms with Gasteiger partial charge in [-0.3, -0.25) is 0 Å². The van der Waals surface area contributed by atoms with Crippen molar-refractivity contribution in [2.24, 2.45) is 0 Å². The first-order valence-electron chi connectivity index (χ1n) is 4.00. The Morgan fingerprint density at radius 1 is 1.27 bits per heavy atom. The van der Waals surface area contributed by atoms with Crippen molar-refractivity contribution in [2.45, 2.75) is 20.3 Å². The van der Waals surface area contributed by atoms with Crippen LogP contribution in [0.1, 0.15) is 20.3 Å². The van der Waals surface area contributed by atoms with Crippen LogP contribution in [0.4, 0.5) is 0 Å². The molecule has 1 aliphatic rings. The molecular formula is C8H14O3. The van der Waals surface area contributed by atoms with Gasteiger partial charge in [-0.1, -0.05) is 0 Å². The van der Waals surface area contributed by atoms with Gasteiger partial charge in [-0.15, -0.1) is 0 Å². The van der Waals surface area contributed by atoms with Gasteiger partial charge in [-0.25, -0.2) is 0 Å². The Morgan fingerprint density at radius 2 is 2.00 bits per heavy atom. The average molecular weight is 158 g/mol. The highest BCUT2D eigenvalue weighted by atomic mass is 16.7. The maximum Gasteiger partial charge on any atom is 0.319 e. The van der Waals surface area contributed by atoms with Crippen LogP contribution in [0, 0.1) is 0 Å². The highest BCUT2D eigenvalue weighted by Crippen LogP contribution is 2.20. The third-order valence-corrected chi connectivity index (χ3v) is 1.38. The summed E-state index contributed by atoms with van der Waals surface area (Å²) >= 11 is 0. The van der Waals surface area contributed by atoms with Crippen LogP contribution in [0.15, 0.2) is 11.7 Å². The van der Waals surface area contributed by atoms with E-state index in [1.54, 1.807) is 0 Å². The van der Waals surface area contributed by atoms with Crippen molar-refractivity contribution in [2.75, 3.05) is 19.8 Å². The zero-order valence-corrected chi connectivity index (χ0v) is 7.05. The van der Waals surface area contributed by atoms with Gasteiger partial charge >= 0.3 is 5.95 Å². The summed E-state index contributed by atoms with van der Waals surface area (Å²) in [6.45, 7) is 5.87. The molecule has 0 saturated heterocycles. The molecule has 1 heterocycles. The van der Waals surface area contributed by atoms with Gasteiger partial charge in [0, 0.05) is 6.42 Å². The van der Waals surface area contributed by atoms with E-state index in [2.05, 4.69) is 0 Å². The van der Waals surface area contributed by atoms with E-state index in [0.29, 0.717) is 25.8 Å². The summed E-state index contributed by atoms with van der Waals surface area (Å²) in [6.07, 6.45) is 0.836. The van der Waals surface area contributed by atoms with Crippen LogP contribution < -0.4 is 0 Å². The highest BCUT2D eigenvalue weighted by Gasteiger charge is 2.18.